The molecular weight excluding hydrogens is 508 g/mol. The monoisotopic (exact) mass is 520 g/mol. The van der Waals surface area contributed by atoms with Gasteiger partial charge in [-0.25, -0.2) is 10.2 Å². The second-order valence-corrected chi connectivity index (χ2v) is 7.49. The summed E-state index contributed by atoms with van der Waals surface area (Å²) >= 11 is 6.69. The molecule has 3 aromatic rings. The van der Waals surface area contributed by atoms with Gasteiger partial charge in [-0.05, 0) is 45.8 Å². The molecule has 9 heteroatoms. The molecule has 0 fully saturated rings. The van der Waals surface area contributed by atoms with Gasteiger partial charge in [-0.1, -0.05) is 46.3 Å². The van der Waals surface area contributed by atoms with E-state index in [1.54, 1.807) is 48.5 Å². The van der Waals surface area contributed by atoms with Crippen LogP contribution in [0.3, 0.4) is 0 Å². The van der Waals surface area contributed by atoms with Crippen LogP contribution in [0.4, 0.5) is 0 Å². The van der Waals surface area contributed by atoms with E-state index in [0.29, 0.717) is 20.1 Å². The van der Waals surface area contributed by atoms with Crippen LogP contribution in [-0.4, -0.2) is 23.2 Å². The van der Waals surface area contributed by atoms with E-state index in [1.165, 1.54) is 18.5 Å². The van der Waals surface area contributed by atoms with E-state index < -0.39 is 18.0 Å². The third-order valence-electron chi connectivity index (χ3n) is 3.70. The molecule has 0 aliphatic rings. The lowest BCUT2D eigenvalue weighted by Gasteiger charge is -2.10. The Bertz CT molecular complexity index is 1040. The number of hydrogen-bond donors (Lipinski definition) is 2. The lowest BCUT2D eigenvalue weighted by Crippen LogP contribution is -2.25. The smallest absolute Gasteiger partial charge is 0.379 e. The first-order valence-electron chi connectivity index (χ1n) is 8.26. The third kappa shape index (κ3) is 5.41. The Labute approximate surface area is 182 Å². The highest BCUT2D eigenvalue weighted by Gasteiger charge is 2.18. The van der Waals surface area contributed by atoms with E-state index in [2.05, 4.69) is 42.4 Å². The number of amides is 1. The van der Waals surface area contributed by atoms with E-state index in [9.17, 15) is 14.7 Å². The lowest BCUT2D eigenvalue weighted by molar-refractivity contribution is -0.129. The molecule has 3 rings (SSSR count). The molecule has 0 aliphatic carbocycles. The molecule has 1 amide bonds. The molecule has 1 heterocycles. The number of carbonyl (C=O) groups excluding carboxylic acids is 2. The lowest BCUT2D eigenvalue weighted by atomic mass is 10.1. The number of furan rings is 1. The Balaban J connectivity index is 1.75. The summed E-state index contributed by atoms with van der Waals surface area (Å²) in [5, 5.41) is 13.9. The molecule has 0 saturated heterocycles. The number of rotatable bonds is 6. The van der Waals surface area contributed by atoms with Crippen molar-refractivity contribution in [3.8, 4) is 5.75 Å². The number of ether oxygens (including phenoxy) is 1. The van der Waals surface area contributed by atoms with E-state index in [0.717, 1.165) is 0 Å². The molecule has 0 unspecified atom stereocenters. The van der Waals surface area contributed by atoms with Gasteiger partial charge in [0, 0.05) is 10.0 Å². The predicted octanol–water partition coefficient (Wildman–Crippen LogP) is 4.21. The quantitative estimate of drug-likeness (QED) is 0.219. The van der Waals surface area contributed by atoms with Gasteiger partial charge < -0.3 is 14.3 Å². The Morgan fingerprint density at radius 2 is 1.90 bits per heavy atom. The number of nitrogens with zero attached hydrogens (tertiary/aromatic N) is 1. The molecule has 148 valence electrons. The molecule has 1 aromatic heterocycles. The molecule has 1 atom stereocenters. The van der Waals surface area contributed by atoms with E-state index in [-0.39, 0.29) is 11.5 Å². The standard InChI is InChI=1S/C20H14Br2N2O5/c21-14-9-13(11-23-24-19(26)17(25)12-5-2-1-3-6-12)18(15(22)10-14)29-20(27)16-7-4-8-28-16/h1-11,17,25H,(H,24,26)/b23-11-/t17-/m0/s1. The van der Waals surface area contributed by atoms with Crippen LogP contribution in [0.25, 0.3) is 0 Å². The first-order chi connectivity index (χ1) is 14.0. The molecule has 2 N–H and O–H groups in total. The maximum atomic E-state index is 12.2. The highest BCUT2D eigenvalue weighted by molar-refractivity contribution is 9.11. The molecular formula is C20H14Br2N2O5. The Morgan fingerprint density at radius 3 is 2.59 bits per heavy atom. The van der Waals surface area contributed by atoms with E-state index in [4.69, 9.17) is 9.15 Å². The van der Waals surface area contributed by atoms with Gasteiger partial charge in [0.15, 0.2) is 11.9 Å². The van der Waals surface area contributed by atoms with Crippen molar-refractivity contribution in [1.29, 1.82) is 0 Å². The Morgan fingerprint density at radius 1 is 1.14 bits per heavy atom. The third-order valence-corrected chi connectivity index (χ3v) is 4.74. The molecule has 0 saturated carbocycles. The van der Waals surface area contributed by atoms with Crippen molar-refractivity contribution in [2.45, 2.75) is 6.10 Å². The zero-order valence-electron chi connectivity index (χ0n) is 14.7. The molecule has 0 radical (unpaired) electrons. The molecule has 2 aromatic carbocycles. The number of hydrazone groups is 1. The first kappa shape index (κ1) is 21.0. The van der Waals surface area contributed by atoms with Crippen LogP contribution >= 0.6 is 31.9 Å². The van der Waals surface area contributed by atoms with Gasteiger partial charge in [0.05, 0.1) is 17.0 Å². The second-order valence-electron chi connectivity index (χ2n) is 5.72. The zero-order chi connectivity index (χ0) is 20.8. The van der Waals surface area contributed by atoms with Crippen LogP contribution in [0.2, 0.25) is 0 Å². The largest absolute Gasteiger partial charge is 0.457 e. The summed E-state index contributed by atoms with van der Waals surface area (Å²) in [6, 6.07) is 14.9. The minimum Gasteiger partial charge on any atom is -0.457 e. The Hall–Kier alpha value is -2.75. The van der Waals surface area contributed by atoms with E-state index in [1.807, 2.05) is 0 Å². The van der Waals surface area contributed by atoms with Gasteiger partial charge in [-0.15, -0.1) is 0 Å². The number of benzene rings is 2. The predicted molar refractivity (Wildman–Crippen MR) is 113 cm³/mol. The van der Waals surface area contributed by atoms with E-state index >= 15 is 0 Å². The van der Waals surface area contributed by atoms with Crippen LogP contribution in [0.15, 0.2) is 79.3 Å². The summed E-state index contributed by atoms with van der Waals surface area (Å²) in [6.45, 7) is 0. The number of carbonyl (C=O) groups is 2. The number of esters is 1. The summed E-state index contributed by atoms with van der Waals surface area (Å²) in [5.41, 5.74) is 3.11. The maximum Gasteiger partial charge on any atom is 0.379 e. The van der Waals surface area contributed by atoms with Gasteiger partial charge in [0.1, 0.15) is 0 Å². The van der Waals surface area contributed by atoms with Crippen molar-refractivity contribution in [1.82, 2.24) is 5.43 Å². The van der Waals surface area contributed by atoms with Gasteiger partial charge in [0.25, 0.3) is 5.91 Å². The zero-order valence-corrected chi connectivity index (χ0v) is 17.9. The second kappa shape index (κ2) is 9.64. The summed E-state index contributed by atoms with van der Waals surface area (Å²) in [6.07, 6.45) is 1.30. The number of halogens is 2. The average molecular weight is 522 g/mol. The van der Waals surface area contributed by atoms with Crippen molar-refractivity contribution in [2.24, 2.45) is 5.10 Å². The number of nitrogens with one attached hydrogen (secondary N) is 1. The van der Waals surface area contributed by atoms with Crippen molar-refractivity contribution < 1.29 is 23.8 Å². The summed E-state index contributed by atoms with van der Waals surface area (Å²) < 4.78 is 11.6. The van der Waals surface area contributed by atoms with Gasteiger partial charge in [-0.3, -0.25) is 4.79 Å². The Kier molecular flexibility index (Phi) is 6.97. The topological polar surface area (TPSA) is 101 Å². The van der Waals surface area contributed by atoms with Crippen LogP contribution in [0, 0.1) is 0 Å². The fraction of sp³-hybridized carbons (Fsp3) is 0.0500. The van der Waals surface area contributed by atoms with Crippen LogP contribution < -0.4 is 10.2 Å². The molecule has 7 nitrogen and oxygen atoms in total. The van der Waals surface area contributed by atoms with Gasteiger partial charge in [-0.2, -0.15) is 5.10 Å². The van der Waals surface area contributed by atoms with Crippen LogP contribution in [-0.2, 0) is 4.79 Å². The molecule has 0 spiro atoms. The first-order valence-corrected chi connectivity index (χ1v) is 9.85. The normalized spacial score (nSPS) is 12.0. The maximum absolute atomic E-state index is 12.2. The molecule has 29 heavy (non-hydrogen) atoms. The summed E-state index contributed by atoms with van der Waals surface area (Å²) in [7, 11) is 0. The molecule has 0 aliphatic heterocycles. The van der Waals surface area contributed by atoms with Crippen molar-refractivity contribution in [3.05, 3.63) is 86.7 Å². The minimum absolute atomic E-state index is 0.0435. The highest BCUT2D eigenvalue weighted by Crippen LogP contribution is 2.32. The van der Waals surface area contributed by atoms with Gasteiger partial charge >= 0.3 is 5.97 Å². The minimum atomic E-state index is -1.36. The highest BCUT2D eigenvalue weighted by atomic mass is 79.9. The molecule has 0 bridgehead atoms. The van der Waals surface area contributed by atoms with Crippen molar-refractivity contribution in [3.63, 3.8) is 0 Å². The summed E-state index contributed by atoms with van der Waals surface area (Å²) in [5.74, 6) is -1.15. The summed E-state index contributed by atoms with van der Waals surface area (Å²) in [4.78, 5) is 24.3. The fourth-order valence-corrected chi connectivity index (χ4v) is 3.67. The number of hydrogen-bond acceptors (Lipinski definition) is 6. The van der Waals surface area contributed by atoms with Crippen molar-refractivity contribution in [2.75, 3.05) is 0 Å². The fourth-order valence-electron chi connectivity index (χ4n) is 2.33. The van der Waals surface area contributed by atoms with Crippen LogP contribution in [0.1, 0.15) is 27.8 Å². The average Bonchev–Trinajstić information content (AvgIpc) is 3.25. The van der Waals surface area contributed by atoms with Crippen molar-refractivity contribution >= 4 is 50.0 Å². The van der Waals surface area contributed by atoms with Crippen LogP contribution in [0.5, 0.6) is 5.75 Å². The number of aliphatic hydroxyl groups is 1. The SMILES string of the molecule is O=C(Oc1c(Br)cc(Br)cc1/C=N\NC(=O)[C@@H](O)c1ccccc1)c1ccco1. The number of aliphatic hydroxyl groups excluding tert-OH is 1. The van der Waals surface area contributed by atoms with Gasteiger partial charge in [0.2, 0.25) is 5.76 Å².